The van der Waals surface area contributed by atoms with Crippen LogP contribution in [0.3, 0.4) is 0 Å². The molecule has 0 aromatic heterocycles. The molecule has 0 heterocycles. The third-order valence-electron chi connectivity index (χ3n) is 2.33. The van der Waals surface area contributed by atoms with E-state index in [1.54, 1.807) is 0 Å². The zero-order chi connectivity index (χ0) is 12.0. The molecule has 0 saturated heterocycles. The van der Waals surface area contributed by atoms with E-state index in [-0.39, 0.29) is 18.6 Å². The van der Waals surface area contributed by atoms with Crippen LogP contribution >= 0.6 is 15.9 Å². The lowest BCUT2D eigenvalue weighted by atomic mass is 10.1. The largest absolute Gasteiger partial charge is 0.394 e. The van der Waals surface area contributed by atoms with Gasteiger partial charge in [0.1, 0.15) is 0 Å². The number of hydrogen-bond acceptors (Lipinski definition) is 2. The van der Waals surface area contributed by atoms with Crippen molar-refractivity contribution >= 4 is 21.8 Å². The Hall–Kier alpha value is -0.870. The van der Waals surface area contributed by atoms with Gasteiger partial charge in [0, 0.05) is 4.47 Å². The highest BCUT2D eigenvalue weighted by Gasteiger charge is 2.09. The van der Waals surface area contributed by atoms with Crippen LogP contribution < -0.4 is 5.32 Å². The molecule has 1 aromatic rings. The Kier molecular flexibility index (Phi) is 5.49. The number of amides is 1. The molecule has 0 aliphatic heterocycles. The van der Waals surface area contributed by atoms with E-state index in [1.165, 1.54) is 0 Å². The van der Waals surface area contributed by atoms with Crippen molar-refractivity contribution < 1.29 is 9.90 Å². The van der Waals surface area contributed by atoms with Crippen molar-refractivity contribution in [1.29, 1.82) is 0 Å². The van der Waals surface area contributed by atoms with E-state index >= 15 is 0 Å². The van der Waals surface area contributed by atoms with Gasteiger partial charge in [-0.15, -0.1) is 0 Å². The van der Waals surface area contributed by atoms with Gasteiger partial charge < -0.3 is 10.4 Å². The smallest absolute Gasteiger partial charge is 0.224 e. The monoisotopic (exact) mass is 285 g/mol. The van der Waals surface area contributed by atoms with E-state index in [4.69, 9.17) is 5.11 Å². The van der Waals surface area contributed by atoms with Gasteiger partial charge in [-0.3, -0.25) is 4.79 Å². The third kappa shape index (κ3) is 4.33. The van der Waals surface area contributed by atoms with E-state index < -0.39 is 0 Å². The number of rotatable bonds is 5. The molecule has 3 nitrogen and oxygen atoms in total. The summed E-state index contributed by atoms with van der Waals surface area (Å²) in [4.78, 5) is 11.6. The maximum absolute atomic E-state index is 11.6. The molecular weight excluding hydrogens is 270 g/mol. The molecule has 88 valence electrons. The maximum Gasteiger partial charge on any atom is 0.224 e. The number of halogens is 1. The van der Waals surface area contributed by atoms with Gasteiger partial charge in [0.05, 0.1) is 19.1 Å². The van der Waals surface area contributed by atoms with Gasteiger partial charge in [-0.2, -0.15) is 0 Å². The molecule has 1 unspecified atom stereocenters. The minimum Gasteiger partial charge on any atom is -0.394 e. The van der Waals surface area contributed by atoms with Crippen molar-refractivity contribution in [2.24, 2.45) is 0 Å². The van der Waals surface area contributed by atoms with Gasteiger partial charge in [-0.1, -0.05) is 35.0 Å². The Morgan fingerprint density at radius 1 is 1.56 bits per heavy atom. The zero-order valence-corrected chi connectivity index (χ0v) is 10.8. The second-order valence-corrected chi connectivity index (χ2v) is 4.58. The Morgan fingerprint density at radius 2 is 2.31 bits per heavy atom. The van der Waals surface area contributed by atoms with Gasteiger partial charge in [-0.25, -0.2) is 0 Å². The fourth-order valence-corrected chi connectivity index (χ4v) is 1.83. The molecule has 0 spiro atoms. The fourth-order valence-electron chi connectivity index (χ4n) is 1.39. The summed E-state index contributed by atoms with van der Waals surface area (Å²) in [6, 6.07) is 7.50. The number of aliphatic hydroxyl groups excluding tert-OH is 1. The predicted molar refractivity (Wildman–Crippen MR) is 67.2 cm³/mol. The lowest BCUT2D eigenvalue weighted by Gasteiger charge is -2.13. The maximum atomic E-state index is 11.6. The van der Waals surface area contributed by atoms with Gasteiger partial charge in [0.15, 0.2) is 0 Å². The first kappa shape index (κ1) is 13.2. The first-order valence-electron chi connectivity index (χ1n) is 5.30. The molecule has 16 heavy (non-hydrogen) atoms. The van der Waals surface area contributed by atoms with Crippen LogP contribution in [0, 0.1) is 0 Å². The SMILES string of the molecule is CCC(CO)NC(=O)Cc1cccc(Br)c1. The van der Waals surface area contributed by atoms with Gasteiger partial charge in [0.2, 0.25) is 5.91 Å². The van der Waals surface area contributed by atoms with Crippen LogP contribution in [0.4, 0.5) is 0 Å². The average Bonchev–Trinajstić information content (AvgIpc) is 2.26. The van der Waals surface area contributed by atoms with Gasteiger partial charge >= 0.3 is 0 Å². The van der Waals surface area contributed by atoms with Crippen LogP contribution in [-0.4, -0.2) is 23.7 Å². The van der Waals surface area contributed by atoms with Crippen molar-refractivity contribution in [3.63, 3.8) is 0 Å². The summed E-state index contributed by atoms with van der Waals surface area (Å²) in [6.45, 7) is 1.92. The molecule has 1 aromatic carbocycles. The van der Waals surface area contributed by atoms with E-state index in [0.717, 1.165) is 16.5 Å². The molecule has 2 N–H and O–H groups in total. The Balaban J connectivity index is 2.51. The first-order chi connectivity index (χ1) is 7.65. The molecule has 1 rings (SSSR count). The molecule has 1 atom stereocenters. The molecule has 0 aliphatic rings. The van der Waals surface area contributed by atoms with Crippen molar-refractivity contribution in [2.45, 2.75) is 25.8 Å². The lowest BCUT2D eigenvalue weighted by Crippen LogP contribution is -2.37. The zero-order valence-electron chi connectivity index (χ0n) is 9.24. The standard InChI is InChI=1S/C12H16BrNO2/c1-2-11(8-15)14-12(16)7-9-4-3-5-10(13)6-9/h3-6,11,15H,2,7-8H2,1H3,(H,14,16). The summed E-state index contributed by atoms with van der Waals surface area (Å²) in [5.74, 6) is -0.0565. The van der Waals surface area contributed by atoms with Crippen molar-refractivity contribution in [3.8, 4) is 0 Å². The van der Waals surface area contributed by atoms with Crippen LogP contribution in [0.25, 0.3) is 0 Å². The van der Waals surface area contributed by atoms with Crippen molar-refractivity contribution in [3.05, 3.63) is 34.3 Å². The third-order valence-corrected chi connectivity index (χ3v) is 2.83. The molecule has 0 bridgehead atoms. The van der Waals surface area contributed by atoms with E-state index in [0.29, 0.717) is 6.42 Å². The van der Waals surface area contributed by atoms with Gasteiger partial charge in [0.25, 0.3) is 0 Å². The summed E-state index contributed by atoms with van der Waals surface area (Å²) in [6.07, 6.45) is 1.08. The molecule has 0 aliphatic carbocycles. The average molecular weight is 286 g/mol. The molecule has 0 saturated carbocycles. The normalized spacial score (nSPS) is 12.2. The summed E-state index contributed by atoms with van der Waals surface area (Å²) < 4.78 is 0.965. The summed E-state index contributed by atoms with van der Waals surface area (Å²) >= 11 is 3.36. The second kappa shape index (κ2) is 6.66. The topological polar surface area (TPSA) is 49.3 Å². The lowest BCUT2D eigenvalue weighted by molar-refractivity contribution is -0.121. The number of carbonyl (C=O) groups is 1. The van der Waals surface area contributed by atoms with Crippen LogP contribution in [-0.2, 0) is 11.2 Å². The van der Waals surface area contributed by atoms with Crippen molar-refractivity contribution in [2.75, 3.05) is 6.61 Å². The Labute approximate surface area is 104 Å². The number of benzene rings is 1. The quantitative estimate of drug-likeness (QED) is 0.868. The number of carbonyl (C=O) groups excluding carboxylic acids is 1. The molecular formula is C12H16BrNO2. The second-order valence-electron chi connectivity index (χ2n) is 3.66. The minimum atomic E-state index is -0.139. The van der Waals surface area contributed by atoms with Crippen LogP contribution in [0.15, 0.2) is 28.7 Å². The number of nitrogens with one attached hydrogen (secondary N) is 1. The Bertz CT molecular complexity index is 351. The van der Waals surface area contributed by atoms with Crippen molar-refractivity contribution in [1.82, 2.24) is 5.32 Å². The highest BCUT2D eigenvalue weighted by atomic mass is 79.9. The van der Waals surface area contributed by atoms with Crippen LogP contribution in [0.2, 0.25) is 0 Å². The number of hydrogen-bond donors (Lipinski definition) is 2. The summed E-state index contributed by atoms with van der Waals surface area (Å²) in [5, 5.41) is 11.7. The van der Waals surface area contributed by atoms with Gasteiger partial charge in [-0.05, 0) is 24.1 Å². The number of aliphatic hydroxyl groups is 1. The van der Waals surface area contributed by atoms with E-state index in [1.807, 2.05) is 31.2 Å². The van der Waals surface area contributed by atoms with Crippen LogP contribution in [0.1, 0.15) is 18.9 Å². The molecule has 0 fully saturated rings. The van der Waals surface area contributed by atoms with E-state index in [2.05, 4.69) is 21.2 Å². The summed E-state index contributed by atoms with van der Waals surface area (Å²) in [7, 11) is 0. The summed E-state index contributed by atoms with van der Waals surface area (Å²) in [5.41, 5.74) is 0.958. The molecule has 1 amide bonds. The molecule has 0 radical (unpaired) electrons. The highest BCUT2D eigenvalue weighted by molar-refractivity contribution is 9.10. The predicted octanol–water partition coefficient (Wildman–Crippen LogP) is 1.88. The first-order valence-corrected chi connectivity index (χ1v) is 6.09. The fraction of sp³-hybridized carbons (Fsp3) is 0.417. The van der Waals surface area contributed by atoms with E-state index in [9.17, 15) is 4.79 Å². The van der Waals surface area contributed by atoms with Crippen LogP contribution in [0.5, 0.6) is 0 Å². The highest BCUT2D eigenvalue weighted by Crippen LogP contribution is 2.12. The molecule has 4 heteroatoms. The Morgan fingerprint density at radius 3 is 2.88 bits per heavy atom. The minimum absolute atomic E-state index is 0.0132.